The van der Waals surface area contributed by atoms with Gasteiger partial charge in [0.15, 0.2) is 0 Å². The van der Waals surface area contributed by atoms with E-state index in [1.54, 1.807) is 18.3 Å². The number of pyridine rings is 1. The Bertz CT molecular complexity index is 1180. The van der Waals surface area contributed by atoms with E-state index in [-0.39, 0.29) is 6.42 Å². The molecule has 0 aliphatic carbocycles. The number of benzene rings is 3. The van der Waals surface area contributed by atoms with E-state index >= 15 is 0 Å². The monoisotopic (exact) mass is 488 g/mol. The predicted molar refractivity (Wildman–Crippen MR) is 136 cm³/mol. The number of hydrogen-bond acceptors (Lipinski definition) is 4. The number of aliphatic hydroxyl groups excluding tert-OH is 1. The van der Waals surface area contributed by atoms with Crippen molar-refractivity contribution < 1.29 is 18.6 Å². The lowest BCUT2D eigenvalue weighted by Crippen LogP contribution is -2.41. The van der Waals surface area contributed by atoms with Gasteiger partial charge in [0.25, 0.3) is 0 Å². The lowest BCUT2D eigenvalue weighted by Gasteiger charge is -2.35. The normalized spacial score (nSPS) is 12.9. The fourth-order valence-corrected chi connectivity index (χ4v) is 4.38. The Labute approximate surface area is 210 Å². The average Bonchev–Trinajstić information content (AvgIpc) is 2.88. The van der Waals surface area contributed by atoms with Crippen LogP contribution in [0.5, 0.6) is 5.75 Å². The molecule has 0 saturated heterocycles. The van der Waals surface area contributed by atoms with Crippen LogP contribution in [-0.2, 0) is 19.5 Å². The molecule has 0 radical (unpaired) electrons. The van der Waals surface area contributed by atoms with Crippen molar-refractivity contribution >= 4 is 0 Å². The predicted octanol–water partition coefficient (Wildman–Crippen LogP) is 6.11. The molecule has 2 atom stereocenters. The van der Waals surface area contributed by atoms with Gasteiger partial charge in [-0.1, -0.05) is 60.7 Å². The Morgan fingerprint density at radius 1 is 0.806 bits per heavy atom. The van der Waals surface area contributed by atoms with E-state index in [1.165, 1.54) is 12.1 Å². The Hall–Kier alpha value is -3.61. The van der Waals surface area contributed by atoms with Crippen LogP contribution in [0, 0.1) is 11.6 Å². The minimum atomic E-state index is -1.04. The zero-order valence-electron chi connectivity index (χ0n) is 20.2. The molecule has 1 aromatic heterocycles. The van der Waals surface area contributed by atoms with Crippen molar-refractivity contribution in [2.45, 2.75) is 38.6 Å². The first kappa shape index (κ1) is 25.5. The zero-order valence-corrected chi connectivity index (χ0v) is 20.2. The van der Waals surface area contributed by atoms with Gasteiger partial charge in [-0.25, -0.2) is 8.78 Å². The van der Waals surface area contributed by atoms with Crippen LogP contribution >= 0.6 is 0 Å². The van der Waals surface area contributed by atoms with Crippen LogP contribution in [0.25, 0.3) is 0 Å². The summed E-state index contributed by atoms with van der Waals surface area (Å²) in [6.07, 6.45) is 0.779. The first-order valence-corrected chi connectivity index (χ1v) is 12.1. The van der Waals surface area contributed by atoms with Crippen LogP contribution in [0.3, 0.4) is 0 Å². The van der Waals surface area contributed by atoms with Gasteiger partial charge in [-0.2, -0.15) is 0 Å². The van der Waals surface area contributed by atoms with Crippen molar-refractivity contribution in [3.8, 4) is 5.75 Å². The molecule has 1 heterocycles. The molecule has 0 unspecified atom stereocenters. The summed E-state index contributed by atoms with van der Waals surface area (Å²) in [4.78, 5) is 6.54. The van der Waals surface area contributed by atoms with Crippen molar-refractivity contribution in [1.82, 2.24) is 9.88 Å². The number of ether oxygens (including phenoxy) is 1. The molecule has 0 aliphatic rings. The van der Waals surface area contributed by atoms with E-state index in [4.69, 9.17) is 4.74 Å². The Kier molecular flexibility index (Phi) is 8.76. The number of rotatable bonds is 11. The maximum Gasteiger partial charge on any atom is 0.126 e. The molecule has 4 aromatic rings. The molecule has 3 aromatic carbocycles. The number of halogens is 2. The van der Waals surface area contributed by atoms with Crippen LogP contribution in [0.4, 0.5) is 8.78 Å². The molecule has 0 fully saturated rings. The third-order valence-corrected chi connectivity index (χ3v) is 6.02. The van der Waals surface area contributed by atoms with E-state index in [0.717, 1.165) is 17.2 Å². The second-order valence-electron chi connectivity index (χ2n) is 8.72. The highest BCUT2D eigenvalue weighted by Crippen LogP contribution is 2.28. The highest BCUT2D eigenvalue weighted by atomic mass is 19.1. The minimum Gasteiger partial charge on any atom is -0.494 e. The number of hydrogen-bond donors (Lipinski definition) is 1. The molecule has 0 aliphatic heterocycles. The van der Waals surface area contributed by atoms with Crippen LogP contribution in [0.15, 0.2) is 97.2 Å². The first-order chi connectivity index (χ1) is 17.5. The average molecular weight is 489 g/mol. The maximum absolute atomic E-state index is 14.1. The van der Waals surface area contributed by atoms with Crippen LogP contribution in [-0.4, -0.2) is 27.6 Å². The largest absolute Gasteiger partial charge is 0.494 e. The summed E-state index contributed by atoms with van der Waals surface area (Å²) in [7, 11) is 0. The zero-order chi connectivity index (χ0) is 25.3. The van der Waals surface area contributed by atoms with Gasteiger partial charge in [0.2, 0.25) is 0 Å². The topological polar surface area (TPSA) is 45.6 Å². The summed E-state index contributed by atoms with van der Waals surface area (Å²) in [5.74, 6) is -0.686. The molecular formula is C30H30F2N2O2. The second kappa shape index (κ2) is 12.4. The fraction of sp³-hybridized carbons (Fsp3) is 0.233. The van der Waals surface area contributed by atoms with Crippen molar-refractivity contribution in [2.24, 2.45) is 0 Å². The Balaban J connectivity index is 1.74. The van der Waals surface area contributed by atoms with Gasteiger partial charge in [0, 0.05) is 37.5 Å². The Morgan fingerprint density at radius 2 is 1.39 bits per heavy atom. The van der Waals surface area contributed by atoms with Gasteiger partial charge in [-0.3, -0.25) is 9.88 Å². The van der Waals surface area contributed by atoms with Gasteiger partial charge < -0.3 is 9.84 Å². The van der Waals surface area contributed by atoms with Gasteiger partial charge in [0.1, 0.15) is 23.5 Å². The molecule has 1 N–H and O–H groups in total. The summed E-state index contributed by atoms with van der Waals surface area (Å²) < 4.78 is 33.8. The molecule has 6 heteroatoms. The van der Waals surface area contributed by atoms with E-state index in [1.807, 2.05) is 67.6 Å². The standard InChI is InChI=1S/C30H30F2N2O2/c1-2-36-27-13-14-33-28(19-27)30(35)29(17-24-15-25(31)18-26(32)16-24)34(20-22-9-5-3-6-10-22)21-23-11-7-4-8-12-23/h3-16,18-19,29-30,35H,2,17,20-21H2,1H3/t29-,30+/m0/s1. The summed E-state index contributed by atoms with van der Waals surface area (Å²) in [5, 5.41) is 11.7. The molecule has 0 bridgehead atoms. The van der Waals surface area contributed by atoms with Crippen molar-refractivity contribution in [3.05, 3.63) is 131 Å². The summed E-state index contributed by atoms with van der Waals surface area (Å²) >= 11 is 0. The molecule has 36 heavy (non-hydrogen) atoms. The molecule has 0 saturated carbocycles. The third-order valence-electron chi connectivity index (χ3n) is 6.02. The first-order valence-electron chi connectivity index (χ1n) is 12.1. The van der Waals surface area contributed by atoms with Crippen molar-refractivity contribution in [3.63, 3.8) is 0 Å². The molecule has 186 valence electrons. The van der Waals surface area contributed by atoms with Gasteiger partial charge in [-0.05, 0) is 48.2 Å². The second-order valence-corrected chi connectivity index (χ2v) is 8.72. The molecule has 4 rings (SSSR count). The minimum absolute atomic E-state index is 0.218. The van der Waals surface area contributed by atoms with Crippen molar-refractivity contribution in [1.29, 1.82) is 0 Å². The van der Waals surface area contributed by atoms with E-state index in [2.05, 4.69) is 9.88 Å². The van der Waals surface area contributed by atoms with Gasteiger partial charge in [0.05, 0.1) is 12.3 Å². The van der Waals surface area contributed by atoms with Crippen LogP contribution < -0.4 is 4.74 Å². The third kappa shape index (κ3) is 6.97. The smallest absolute Gasteiger partial charge is 0.126 e. The number of aliphatic hydroxyl groups is 1. The van der Waals surface area contributed by atoms with Gasteiger partial charge in [-0.15, -0.1) is 0 Å². The lowest BCUT2D eigenvalue weighted by atomic mass is 9.95. The Morgan fingerprint density at radius 3 is 1.94 bits per heavy atom. The van der Waals surface area contributed by atoms with Gasteiger partial charge >= 0.3 is 0 Å². The lowest BCUT2D eigenvalue weighted by molar-refractivity contribution is 0.0354. The SMILES string of the molecule is CCOc1ccnc([C@@H](O)[C@H](Cc2cc(F)cc(F)c2)N(Cc2ccccc2)Cc2ccccc2)c1. The van der Waals surface area contributed by atoms with Crippen molar-refractivity contribution in [2.75, 3.05) is 6.61 Å². The summed E-state index contributed by atoms with van der Waals surface area (Å²) in [5.41, 5.74) is 3.02. The summed E-state index contributed by atoms with van der Waals surface area (Å²) in [6.45, 7) is 3.43. The van der Waals surface area contributed by atoms with E-state index in [0.29, 0.717) is 36.7 Å². The number of aromatic nitrogens is 1. The quantitative estimate of drug-likeness (QED) is 0.277. The maximum atomic E-state index is 14.1. The molecular weight excluding hydrogens is 458 g/mol. The highest BCUT2D eigenvalue weighted by Gasteiger charge is 2.29. The highest BCUT2D eigenvalue weighted by molar-refractivity contribution is 5.27. The molecule has 0 spiro atoms. The summed E-state index contributed by atoms with van der Waals surface area (Å²) in [6, 6.07) is 26.3. The number of nitrogens with zero attached hydrogens (tertiary/aromatic N) is 2. The molecule has 0 amide bonds. The van der Waals surface area contributed by atoms with E-state index < -0.39 is 23.8 Å². The fourth-order valence-electron chi connectivity index (χ4n) is 4.38. The van der Waals surface area contributed by atoms with Crippen LogP contribution in [0.1, 0.15) is 35.4 Å². The van der Waals surface area contributed by atoms with E-state index in [9.17, 15) is 13.9 Å². The van der Waals surface area contributed by atoms with Crippen LogP contribution in [0.2, 0.25) is 0 Å². The molecule has 4 nitrogen and oxygen atoms in total.